The van der Waals surface area contributed by atoms with Crippen LogP contribution in [0, 0.1) is 5.92 Å². The number of hydrogen-bond acceptors (Lipinski definition) is 3. The monoisotopic (exact) mass is 214 g/mol. The van der Waals surface area contributed by atoms with Crippen molar-refractivity contribution in [3.63, 3.8) is 0 Å². The van der Waals surface area contributed by atoms with Crippen molar-refractivity contribution in [1.82, 2.24) is 0 Å². The SMILES string of the molecule is N[C@H]1CCCC(CCCCC(=O)O)[C@@H]1N. The predicted octanol–water partition coefficient (Wildman–Crippen LogP) is 1.09. The molecule has 0 radical (unpaired) electrons. The van der Waals surface area contributed by atoms with Gasteiger partial charge in [-0.15, -0.1) is 0 Å². The molecule has 0 bridgehead atoms. The van der Waals surface area contributed by atoms with E-state index in [1.165, 1.54) is 6.42 Å². The first-order valence-corrected chi connectivity index (χ1v) is 5.84. The molecule has 0 spiro atoms. The third kappa shape index (κ3) is 4.18. The van der Waals surface area contributed by atoms with Crippen molar-refractivity contribution in [1.29, 1.82) is 0 Å². The minimum absolute atomic E-state index is 0.114. The van der Waals surface area contributed by atoms with Gasteiger partial charge in [-0.25, -0.2) is 0 Å². The van der Waals surface area contributed by atoms with Crippen LogP contribution in [0.2, 0.25) is 0 Å². The average Bonchev–Trinajstić information content (AvgIpc) is 2.18. The first kappa shape index (κ1) is 12.5. The van der Waals surface area contributed by atoms with E-state index in [1.807, 2.05) is 0 Å². The summed E-state index contributed by atoms with van der Waals surface area (Å²) in [4.78, 5) is 10.3. The summed E-state index contributed by atoms with van der Waals surface area (Å²) in [7, 11) is 0. The summed E-state index contributed by atoms with van der Waals surface area (Å²) in [6, 6.07) is 0.256. The smallest absolute Gasteiger partial charge is 0.303 e. The number of aliphatic carboxylic acids is 1. The van der Waals surface area contributed by atoms with Crippen molar-refractivity contribution < 1.29 is 9.90 Å². The summed E-state index contributed by atoms with van der Waals surface area (Å²) in [6.07, 6.45) is 6.37. The van der Waals surface area contributed by atoms with Crippen molar-refractivity contribution >= 4 is 5.97 Å². The molecule has 0 saturated heterocycles. The molecule has 1 unspecified atom stereocenters. The molecule has 0 aromatic carbocycles. The van der Waals surface area contributed by atoms with E-state index in [4.69, 9.17) is 16.6 Å². The molecule has 5 N–H and O–H groups in total. The number of carbonyl (C=O) groups is 1. The standard InChI is InChI=1S/C11H22N2O2/c12-9-6-3-5-8(11(9)13)4-1-2-7-10(14)15/h8-9,11H,1-7,12-13H2,(H,14,15)/t8?,9-,11-/m0/s1. The van der Waals surface area contributed by atoms with E-state index >= 15 is 0 Å². The fourth-order valence-electron chi connectivity index (χ4n) is 2.37. The number of carboxylic acid groups (broad SMARTS) is 1. The summed E-state index contributed by atoms with van der Waals surface area (Å²) in [6.45, 7) is 0. The molecule has 0 heterocycles. The largest absolute Gasteiger partial charge is 0.481 e. The van der Waals surface area contributed by atoms with Gasteiger partial charge in [-0.2, -0.15) is 0 Å². The Bertz CT molecular complexity index is 209. The van der Waals surface area contributed by atoms with Gasteiger partial charge in [0.1, 0.15) is 0 Å². The normalized spacial score (nSPS) is 31.5. The van der Waals surface area contributed by atoms with Crippen LogP contribution in [0.4, 0.5) is 0 Å². The maximum atomic E-state index is 10.3. The van der Waals surface area contributed by atoms with E-state index in [0.717, 1.165) is 32.1 Å². The lowest BCUT2D eigenvalue weighted by molar-refractivity contribution is -0.137. The van der Waals surface area contributed by atoms with Crippen molar-refractivity contribution in [2.24, 2.45) is 17.4 Å². The van der Waals surface area contributed by atoms with Crippen LogP contribution in [-0.2, 0) is 4.79 Å². The molecule has 1 rings (SSSR count). The highest BCUT2D eigenvalue weighted by Gasteiger charge is 2.27. The third-order valence-electron chi connectivity index (χ3n) is 3.37. The lowest BCUT2D eigenvalue weighted by Crippen LogP contribution is -2.49. The van der Waals surface area contributed by atoms with Gasteiger partial charge >= 0.3 is 5.97 Å². The van der Waals surface area contributed by atoms with Gasteiger partial charge in [0, 0.05) is 18.5 Å². The van der Waals surface area contributed by atoms with Crippen LogP contribution in [0.1, 0.15) is 44.9 Å². The second kappa shape index (κ2) is 6.08. The van der Waals surface area contributed by atoms with Crippen molar-refractivity contribution in [2.75, 3.05) is 0 Å². The number of carboxylic acids is 1. The van der Waals surface area contributed by atoms with E-state index in [-0.39, 0.29) is 18.5 Å². The quantitative estimate of drug-likeness (QED) is 0.597. The van der Waals surface area contributed by atoms with Crippen molar-refractivity contribution in [3.8, 4) is 0 Å². The topological polar surface area (TPSA) is 89.3 Å². The van der Waals surface area contributed by atoms with Crippen LogP contribution < -0.4 is 11.5 Å². The zero-order valence-electron chi connectivity index (χ0n) is 9.19. The zero-order chi connectivity index (χ0) is 11.3. The Labute approximate surface area is 91.0 Å². The highest BCUT2D eigenvalue weighted by Crippen LogP contribution is 2.26. The number of rotatable bonds is 5. The highest BCUT2D eigenvalue weighted by molar-refractivity contribution is 5.66. The minimum Gasteiger partial charge on any atom is -0.481 e. The molecule has 1 aliphatic carbocycles. The number of nitrogens with two attached hydrogens (primary N) is 2. The molecule has 15 heavy (non-hydrogen) atoms. The van der Waals surface area contributed by atoms with Gasteiger partial charge in [0.25, 0.3) is 0 Å². The summed E-state index contributed by atoms with van der Waals surface area (Å²) in [5.74, 6) is -0.206. The van der Waals surface area contributed by atoms with E-state index in [2.05, 4.69) is 0 Å². The Morgan fingerprint density at radius 1 is 1.27 bits per heavy atom. The van der Waals surface area contributed by atoms with Crippen LogP contribution in [0.3, 0.4) is 0 Å². The molecule has 4 nitrogen and oxygen atoms in total. The molecule has 3 atom stereocenters. The first-order valence-electron chi connectivity index (χ1n) is 5.84. The average molecular weight is 214 g/mol. The lowest BCUT2D eigenvalue weighted by Gasteiger charge is -2.33. The zero-order valence-corrected chi connectivity index (χ0v) is 9.19. The summed E-state index contributed by atoms with van der Waals surface area (Å²) < 4.78 is 0. The highest BCUT2D eigenvalue weighted by atomic mass is 16.4. The molecule has 4 heteroatoms. The Morgan fingerprint density at radius 2 is 2.00 bits per heavy atom. The van der Waals surface area contributed by atoms with Gasteiger partial charge in [-0.3, -0.25) is 4.79 Å². The first-order chi connectivity index (χ1) is 7.11. The van der Waals surface area contributed by atoms with E-state index < -0.39 is 5.97 Å². The second-order valence-electron chi connectivity index (χ2n) is 4.57. The third-order valence-corrected chi connectivity index (χ3v) is 3.37. The molecule has 1 fully saturated rings. The summed E-state index contributed by atoms with van der Waals surface area (Å²) in [5.41, 5.74) is 11.9. The Kier molecular flexibility index (Phi) is 5.05. The molecular formula is C11H22N2O2. The lowest BCUT2D eigenvalue weighted by atomic mass is 9.79. The molecule has 88 valence electrons. The number of hydrogen-bond donors (Lipinski definition) is 3. The Balaban J connectivity index is 2.17. The molecule has 0 aromatic rings. The van der Waals surface area contributed by atoms with E-state index in [9.17, 15) is 4.79 Å². The molecule has 1 aliphatic rings. The predicted molar refractivity (Wildman–Crippen MR) is 59.4 cm³/mol. The van der Waals surface area contributed by atoms with E-state index in [1.54, 1.807) is 0 Å². The van der Waals surface area contributed by atoms with Crippen LogP contribution in [0.25, 0.3) is 0 Å². The Morgan fingerprint density at radius 3 is 2.67 bits per heavy atom. The fourth-order valence-corrected chi connectivity index (χ4v) is 2.37. The summed E-state index contributed by atoms with van der Waals surface area (Å²) in [5, 5.41) is 8.50. The van der Waals surface area contributed by atoms with Gasteiger partial charge in [-0.1, -0.05) is 12.8 Å². The molecule has 1 saturated carbocycles. The van der Waals surface area contributed by atoms with Gasteiger partial charge in [-0.05, 0) is 31.6 Å². The second-order valence-corrected chi connectivity index (χ2v) is 4.57. The molecular weight excluding hydrogens is 192 g/mol. The van der Waals surface area contributed by atoms with E-state index in [0.29, 0.717) is 5.92 Å². The van der Waals surface area contributed by atoms with Crippen LogP contribution in [0.5, 0.6) is 0 Å². The van der Waals surface area contributed by atoms with Crippen LogP contribution in [-0.4, -0.2) is 23.2 Å². The van der Waals surface area contributed by atoms with Gasteiger partial charge < -0.3 is 16.6 Å². The van der Waals surface area contributed by atoms with Gasteiger partial charge in [0.05, 0.1) is 0 Å². The number of unbranched alkanes of at least 4 members (excludes halogenated alkanes) is 1. The maximum absolute atomic E-state index is 10.3. The van der Waals surface area contributed by atoms with Gasteiger partial charge in [0.2, 0.25) is 0 Å². The molecule has 0 aliphatic heterocycles. The summed E-state index contributed by atoms with van der Waals surface area (Å²) >= 11 is 0. The minimum atomic E-state index is -0.709. The van der Waals surface area contributed by atoms with Crippen molar-refractivity contribution in [3.05, 3.63) is 0 Å². The van der Waals surface area contributed by atoms with Gasteiger partial charge in [0.15, 0.2) is 0 Å². The molecule has 0 amide bonds. The fraction of sp³-hybridized carbons (Fsp3) is 0.909. The maximum Gasteiger partial charge on any atom is 0.303 e. The van der Waals surface area contributed by atoms with Crippen LogP contribution in [0.15, 0.2) is 0 Å². The Hall–Kier alpha value is -0.610. The molecule has 0 aromatic heterocycles. The van der Waals surface area contributed by atoms with Crippen LogP contribution >= 0.6 is 0 Å². The van der Waals surface area contributed by atoms with Crippen molar-refractivity contribution in [2.45, 2.75) is 57.0 Å².